The Balaban J connectivity index is 2.08. The second kappa shape index (κ2) is 8.24. The van der Waals surface area contributed by atoms with Crippen LogP contribution in [0, 0.1) is 6.92 Å². The van der Waals surface area contributed by atoms with Gasteiger partial charge in [-0.1, -0.05) is 11.2 Å². The van der Waals surface area contributed by atoms with Gasteiger partial charge in [-0.05, 0) is 36.8 Å². The third-order valence-corrected chi connectivity index (χ3v) is 3.23. The molecule has 1 aromatic heterocycles. The molecule has 0 aliphatic carbocycles. The van der Waals surface area contributed by atoms with E-state index in [0.29, 0.717) is 28.3 Å². The van der Waals surface area contributed by atoms with E-state index in [2.05, 4.69) is 10.1 Å². The number of ether oxygens (including phenoxy) is 2. The molecule has 0 unspecified atom stereocenters. The van der Waals surface area contributed by atoms with Gasteiger partial charge in [0.05, 0.1) is 31.7 Å². The molecule has 1 aromatic carbocycles. The van der Waals surface area contributed by atoms with Gasteiger partial charge in [-0.3, -0.25) is 0 Å². The lowest BCUT2D eigenvalue weighted by atomic mass is 10.2. The SMILES string of the molecule is COc1cccc(OC)c1CO/N=C/c1cc(C)cc(C(F)F)n1. The van der Waals surface area contributed by atoms with Crippen molar-refractivity contribution < 1.29 is 23.1 Å². The summed E-state index contributed by atoms with van der Waals surface area (Å²) in [6.07, 6.45) is -1.34. The number of alkyl halides is 2. The van der Waals surface area contributed by atoms with Crippen LogP contribution in [-0.4, -0.2) is 25.4 Å². The van der Waals surface area contributed by atoms with E-state index in [4.69, 9.17) is 14.3 Å². The highest BCUT2D eigenvalue weighted by Gasteiger charge is 2.11. The molecule has 128 valence electrons. The minimum absolute atomic E-state index is 0.108. The first-order valence-corrected chi connectivity index (χ1v) is 7.17. The summed E-state index contributed by atoms with van der Waals surface area (Å²) in [7, 11) is 3.09. The average Bonchev–Trinajstić information content (AvgIpc) is 2.57. The molecule has 1 heterocycles. The fourth-order valence-electron chi connectivity index (χ4n) is 2.16. The number of rotatable bonds is 7. The fourth-order valence-corrected chi connectivity index (χ4v) is 2.16. The molecule has 0 saturated heterocycles. The summed E-state index contributed by atoms with van der Waals surface area (Å²) >= 11 is 0. The molecule has 0 bridgehead atoms. The van der Waals surface area contributed by atoms with Gasteiger partial charge in [0.15, 0.2) is 0 Å². The van der Waals surface area contributed by atoms with Gasteiger partial charge < -0.3 is 14.3 Å². The number of benzene rings is 1. The smallest absolute Gasteiger partial charge is 0.280 e. The summed E-state index contributed by atoms with van der Waals surface area (Å²) in [5, 5.41) is 3.79. The molecular weight excluding hydrogens is 318 g/mol. The lowest BCUT2D eigenvalue weighted by molar-refractivity contribution is 0.127. The second-order valence-corrected chi connectivity index (χ2v) is 4.94. The fraction of sp³-hybridized carbons (Fsp3) is 0.294. The molecule has 0 N–H and O–H groups in total. The number of hydrogen-bond donors (Lipinski definition) is 0. The highest BCUT2D eigenvalue weighted by Crippen LogP contribution is 2.28. The third-order valence-electron chi connectivity index (χ3n) is 3.23. The van der Waals surface area contributed by atoms with Crippen molar-refractivity contribution in [2.45, 2.75) is 20.0 Å². The number of methoxy groups -OCH3 is 2. The average molecular weight is 336 g/mol. The van der Waals surface area contributed by atoms with Crippen molar-refractivity contribution in [3.05, 3.63) is 52.8 Å². The Hall–Kier alpha value is -2.70. The molecule has 0 saturated carbocycles. The molecule has 0 amide bonds. The quantitative estimate of drug-likeness (QED) is 0.568. The minimum atomic E-state index is -2.63. The number of hydrogen-bond acceptors (Lipinski definition) is 5. The number of aryl methyl sites for hydroxylation is 1. The van der Waals surface area contributed by atoms with Gasteiger partial charge in [0, 0.05) is 0 Å². The van der Waals surface area contributed by atoms with Crippen LogP contribution in [0.2, 0.25) is 0 Å². The van der Waals surface area contributed by atoms with Crippen LogP contribution >= 0.6 is 0 Å². The highest BCUT2D eigenvalue weighted by molar-refractivity contribution is 5.76. The first-order valence-electron chi connectivity index (χ1n) is 7.17. The van der Waals surface area contributed by atoms with Crippen LogP contribution in [0.15, 0.2) is 35.5 Å². The van der Waals surface area contributed by atoms with E-state index < -0.39 is 6.43 Å². The van der Waals surface area contributed by atoms with Crippen molar-refractivity contribution >= 4 is 6.21 Å². The number of pyridine rings is 1. The molecule has 24 heavy (non-hydrogen) atoms. The van der Waals surface area contributed by atoms with Gasteiger partial charge in [-0.15, -0.1) is 0 Å². The number of oxime groups is 1. The maximum atomic E-state index is 12.7. The van der Waals surface area contributed by atoms with Gasteiger partial charge in [-0.2, -0.15) is 0 Å². The lowest BCUT2D eigenvalue weighted by Gasteiger charge is -2.11. The van der Waals surface area contributed by atoms with Crippen LogP contribution < -0.4 is 9.47 Å². The zero-order chi connectivity index (χ0) is 17.5. The molecular formula is C17H18F2N2O3. The summed E-state index contributed by atoms with van der Waals surface area (Å²) in [6, 6.07) is 8.34. The van der Waals surface area contributed by atoms with Crippen LogP contribution in [0.5, 0.6) is 11.5 Å². The van der Waals surface area contributed by atoms with Gasteiger partial charge in [0.25, 0.3) is 6.43 Å². The van der Waals surface area contributed by atoms with E-state index in [1.165, 1.54) is 12.3 Å². The van der Waals surface area contributed by atoms with E-state index >= 15 is 0 Å². The van der Waals surface area contributed by atoms with Gasteiger partial charge in [0.1, 0.15) is 23.8 Å². The van der Waals surface area contributed by atoms with Crippen molar-refractivity contribution in [1.29, 1.82) is 0 Å². The van der Waals surface area contributed by atoms with Gasteiger partial charge in [0.2, 0.25) is 0 Å². The topological polar surface area (TPSA) is 52.9 Å². The highest BCUT2D eigenvalue weighted by atomic mass is 19.3. The summed E-state index contributed by atoms with van der Waals surface area (Å²) in [6.45, 7) is 1.82. The van der Waals surface area contributed by atoms with Crippen LogP contribution in [0.1, 0.15) is 28.9 Å². The van der Waals surface area contributed by atoms with Crippen LogP contribution in [0.4, 0.5) is 8.78 Å². The molecule has 7 heteroatoms. The van der Waals surface area contributed by atoms with Crippen molar-refractivity contribution in [2.75, 3.05) is 14.2 Å². The Morgan fingerprint density at radius 1 is 1.17 bits per heavy atom. The molecule has 2 rings (SSSR count). The molecule has 0 atom stereocenters. The summed E-state index contributed by atoms with van der Waals surface area (Å²) in [5.74, 6) is 1.22. The third kappa shape index (κ3) is 4.41. The Morgan fingerprint density at radius 3 is 2.42 bits per heavy atom. The second-order valence-electron chi connectivity index (χ2n) is 4.94. The number of nitrogens with zero attached hydrogens (tertiary/aromatic N) is 2. The Labute approximate surface area is 138 Å². The van der Waals surface area contributed by atoms with Crippen molar-refractivity contribution in [3.63, 3.8) is 0 Å². The molecule has 0 fully saturated rings. The van der Waals surface area contributed by atoms with Crippen molar-refractivity contribution in [3.8, 4) is 11.5 Å². The predicted octanol–water partition coefficient (Wildman–Crippen LogP) is 3.90. The van der Waals surface area contributed by atoms with Gasteiger partial charge >= 0.3 is 0 Å². The monoisotopic (exact) mass is 336 g/mol. The minimum Gasteiger partial charge on any atom is -0.496 e. The Bertz CT molecular complexity index is 699. The zero-order valence-electron chi connectivity index (χ0n) is 13.6. The lowest BCUT2D eigenvalue weighted by Crippen LogP contribution is -1.99. The predicted molar refractivity (Wildman–Crippen MR) is 85.9 cm³/mol. The summed E-state index contributed by atoms with van der Waals surface area (Å²) in [5.41, 5.74) is 1.39. The van der Waals surface area contributed by atoms with Crippen molar-refractivity contribution in [2.24, 2.45) is 5.16 Å². The zero-order valence-corrected chi connectivity index (χ0v) is 13.6. The molecule has 0 spiro atoms. The van der Waals surface area contributed by atoms with Crippen LogP contribution in [0.3, 0.4) is 0 Å². The maximum absolute atomic E-state index is 12.7. The van der Waals surface area contributed by atoms with Crippen molar-refractivity contribution in [1.82, 2.24) is 4.98 Å². The van der Waals surface area contributed by atoms with Crippen LogP contribution in [0.25, 0.3) is 0 Å². The molecule has 5 nitrogen and oxygen atoms in total. The van der Waals surface area contributed by atoms with E-state index in [9.17, 15) is 8.78 Å². The normalized spacial score (nSPS) is 11.1. The van der Waals surface area contributed by atoms with E-state index in [1.807, 2.05) is 0 Å². The standard InChI is InChI=1S/C17H18F2N2O3/c1-11-7-12(21-14(8-11)17(18)19)9-20-24-10-13-15(22-2)5-4-6-16(13)23-3/h4-9,17H,10H2,1-3H3/b20-9+. The Kier molecular flexibility index (Phi) is 6.06. The first kappa shape index (κ1) is 17.7. The number of aromatic nitrogens is 1. The largest absolute Gasteiger partial charge is 0.496 e. The summed E-state index contributed by atoms with van der Waals surface area (Å²) in [4.78, 5) is 9.05. The van der Waals surface area contributed by atoms with Gasteiger partial charge in [-0.25, -0.2) is 13.8 Å². The molecule has 0 aliphatic heterocycles. The summed E-state index contributed by atoms with van der Waals surface area (Å²) < 4.78 is 36.0. The van der Waals surface area contributed by atoms with E-state index in [1.54, 1.807) is 45.4 Å². The molecule has 2 aromatic rings. The Morgan fingerprint density at radius 2 is 1.83 bits per heavy atom. The molecule has 0 aliphatic rings. The van der Waals surface area contributed by atoms with E-state index in [-0.39, 0.29) is 12.3 Å². The van der Waals surface area contributed by atoms with E-state index in [0.717, 1.165) is 0 Å². The number of halogens is 2. The molecule has 0 radical (unpaired) electrons. The first-order chi connectivity index (χ1) is 11.5. The maximum Gasteiger partial charge on any atom is 0.280 e. The van der Waals surface area contributed by atoms with Crippen LogP contribution in [-0.2, 0) is 11.4 Å².